The van der Waals surface area contributed by atoms with Crippen LogP contribution in [-0.4, -0.2) is 5.11 Å². The minimum atomic E-state index is -1.04. The molecule has 0 bridgehead atoms. The zero-order chi connectivity index (χ0) is 19.0. The van der Waals surface area contributed by atoms with E-state index >= 15 is 0 Å². The number of aliphatic hydroxyl groups is 1. The molecule has 3 aromatic rings. The van der Waals surface area contributed by atoms with Crippen molar-refractivity contribution >= 4 is 6.08 Å². The molecule has 3 aromatic carbocycles. The van der Waals surface area contributed by atoms with Crippen LogP contribution in [0.1, 0.15) is 37.5 Å². The van der Waals surface area contributed by atoms with Gasteiger partial charge < -0.3 is 9.84 Å². The highest BCUT2D eigenvalue weighted by molar-refractivity contribution is 5.56. The standard InChI is InChI=1S/C22H20O2.C2H6/c1-3-17-9-7-8-12-21(17)24-20-15-13-19(14-16-20)22(2,23)18-10-5-4-6-11-18;1-2/h3-16,23H,1H2,2H3;1-2H3. The van der Waals surface area contributed by atoms with Gasteiger partial charge in [0.2, 0.25) is 0 Å². The topological polar surface area (TPSA) is 29.5 Å². The van der Waals surface area contributed by atoms with Gasteiger partial charge in [-0.05, 0) is 36.2 Å². The molecule has 0 aliphatic carbocycles. The van der Waals surface area contributed by atoms with Crippen LogP contribution in [-0.2, 0) is 5.60 Å². The van der Waals surface area contributed by atoms with Crippen LogP contribution in [0.2, 0.25) is 0 Å². The van der Waals surface area contributed by atoms with Crippen molar-refractivity contribution in [1.29, 1.82) is 0 Å². The Morgan fingerprint density at radius 1 is 0.808 bits per heavy atom. The van der Waals surface area contributed by atoms with Crippen molar-refractivity contribution in [2.24, 2.45) is 0 Å². The van der Waals surface area contributed by atoms with Crippen molar-refractivity contribution < 1.29 is 9.84 Å². The summed E-state index contributed by atoms with van der Waals surface area (Å²) in [4.78, 5) is 0. The maximum absolute atomic E-state index is 10.9. The first kappa shape index (κ1) is 19.5. The van der Waals surface area contributed by atoms with E-state index in [1.165, 1.54) is 0 Å². The molecule has 0 spiro atoms. The molecular weight excluding hydrogens is 320 g/mol. The van der Waals surface area contributed by atoms with Gasteiger partial charge in [-0.2, -0.15) is 0 Å². The normalized spacial score (nSPS) is 12.3. The molecule has 2 heteroatoms. The molecular formula is C24H26O2. The Morgan fingerprint density at radius 3 is 1.96 bits per heavy atom. The average Bonchev–Trinajstić information content (AvgIpc) is 2.71. The summed E-state index contributed by atoms with van der Waals surface area (Å²) < 4.78 is 5.92. The number of ether oxygens (including phenoxy) is 1. The lowest BCUT2D eigenvalue weighted by molar-refractivity contribution is 0.102. The van der Waals surface area contributed by atoms with Gasteiger partial charge in [-0.15, -0.1) is 0 Å². The van der Waals surface area contributed by atoms with E-state index in [0.717, 1.165) is 28.2 Å². The Kier molecular flexibility index (Phi) is 6.76. The van der Waals surface area contributed by atoms with Gasteiger partial charge in [0.25, 0.3) is 0 Å². The van der Waals surface area contributed by atoms with Crippen molar-refractivity contribution in [2.75, 3.05) is 0 Å². The van der Waals surface area contributed by atoms with E-state index in [2.05, 4.69) is 6.58 Å². The first-order valence-electron chi connectivity index (χ1n) is 8.89. The molecule has 2 nitrogen and oxygen atoms in total. The molecule has 1 unspecified atom stereocenters. The second-order valence-corrected chi connectivity index (χ2v) is 5.81. The van der Waals surface area contributed by atoms with Crippen molar-refractivity contribution in [3.05, 3.63) is 102 Å². The maximum Gasteiger partial charge on any atom is 0.134 e. The van der Waals surface area contributed by atoms with Crippen LogP contribution >= 0.6 is 0 Å². The largest absolute Gasteiger partial charge is 0.457 e. The van der Waals surface area contributed by atoms with E-state index in [-0.39, 0.29) is 0 Å². The Hall–Kier alpha value is -2.84. The quantitative estimate of drug-likeness (QED) is 0.579. The lowest BCUT2D eigenvalue weighted by atomic mass is 9.88. The second kappa shape index (κ2) is 9.02. The van der Waals surface area contributed by atoms with E-state index in [9.17, 15) is 5.11 Å². The highest BCUT2D eigenvalue weighted by Crippen LogP contribution is 2.32. The number of hydrogen-bond donors (Lipinski definition) is 1. The van der Waals surface area contributed by atoms with Crippen molar-refractivity contribution in [3.63, 3.8) is 0 Å². The fourth-order valence-electron chi connectivity index (χ4n) is 2.65. The molecule has 0 heterocycles. The molecule has 1 atom stereocenters. The molecule has 26 heavy (non-hydrogen) atoms. The molecule has 0 aromatic heterocycles. The number of para-hydroxylation sites is 1. The van der Waals surface area contributed by atoms with Gasteiger partial charge in [0, 0.05) is 5.56 Å². The monoisotopic (exact) mass is 346 g/mol. The molecule has 0 radical (unpaired) electrons. The Labute approximate surface area is 156 Å². The third-order valence-electron chi connectivity index (χ3n) is 4.12. The summed E-state index contributed by atoms with van der Waals surface area (Å²) in [5.74, 6) is 1.48. The molecule has 3 rings (SSSR count). The van der Waals surface area contributed by atoms with Crippen LogP contribution in [0.5, 0.6) is 11.5 Å². The minimum absolute atomic E-state index is 0.719. The first-order chi connectivity index (χ1) is 12.6. The van der Waals surface area contributed by atoms with Crippen LogP contribution < -0.4 is 4.74 Å². The Bertz CT molecular complexity index is 818. The maximum atomic E-state index is 10.9. The van der Waals surface area contributed by atoms with Gasteiger partial charge in [-0.3, -0.25) is 0 Å². The molecule has 134 valence electrons. The molecule has 0 fully saturated rings. The van der Waals surface area contributed by atoms with E-state index < -0.39 is 5.60 Å². The predicted molar refractivity (Wildman–Crippen MR) is 110 cm³/mol. The predicted octanol–water partition coefficient (Wildman–Crippen LogP) is 6.40. The highest BCUT2D eigenvalue weighted by atomic mass is 16.5. The van der Waals surface area contributed by atoms with Gasteiger partial charge in [-0.1, -0.05) is 87.2 Å². The zero-order valence-electron chi connectivity index (χ0n) is 15.6. The van der Waals surface area contributed by atoms with Gasteiger partial charge in [0.15, 0.2) is 0 Å². The summed E-state index contributed by atoms with van der Waals surface area (Å²) in [5, 5.41) is 10.9. The zero-order valence-corrected chi connectivity index (χ0v) is 15.6. The van der Waals surface area contributed by atoms with Crippen LogP contribution in [0.25, 0.3) is 6.08 Å². The summed E-state index contributed by atoms with van der Waals surface area (Å²) in [6.45, 7) is 9.60. The highest BCUT2D eigenvalue weighted by Gasteiger charge is 2.25. The van der Waals surface area contributed by atoms with Gasteiger partial charge in [0.1, 0.15) is 17.1 Å². The first-order valence-corrected chi connectivity index (χ1v) is 8.89. The summed E-state index contributed by atoms with van der Waals surface area (Å²) in [7, 11) is 0. The Morgan fingerprint density at radius 2 is 1.35 bits per heavy atom. The fourth-order valence-corrected chi connectivity index (χ4v) is 2.65. The van der Waals surface area contributed by atoms with E-state index in [1.54, 1.807) is 13.0 Å². The Balaban J connectivity index is 0.00000117. The fraction of sp³-hybridized carbons (Fsp3) is 0.167. The second-order valence-electron chi connectivity index (χ2n) is 5.81. The van der Waals surface area contributed by atoms with Crippen LogP contribution in [0.4, 0.5) is 0 Å². The summed E-state index contributed by atoms with van der Waals surface area (Å²) >= 11 is 0. The van der Waals surface area contributed by atoms with E-state index in [4.69, 9.17) is 4.74 Å². The smallest absolute Gasteiger partial charge is 0.134 e. The molecule has 0 saturated heterocycles. The lowest BCUT2D eigenvalue weighted by Crippen LogP contribution is -2.22. The molecule has 0 amide bonds. The van der Waals surface area contributed by atoms with Crippen molar-refractivity contribution in [3.8, 4) is 11.5 Å². The minimum Gasteiger partial charge on any atom is -0.457 e. The van der Waals surface area contributed by atoms with Gasteiger partial charge in [0.05, 0.1) is 0 Å². The van der Waals surface area contributed by atoms with E-state index in [0.29, 0.717) is 0 Å². The summed E-state index contributed by atoms with van der Waals surface area (Å²) in [6.07, 6.45) is 1.77. The van der Waals surface area contributed by atoms with Crippen LogP contribution in [0, 0.1) is 0 Å². The van der Waals surface area contributed by atoms with Gasteiger partial charge in [-0.25, -0.2) is 0 Å². The van der Waals surface area contributed by atoms with E-state index in [1.807, 2.05) is 92.7 Å². The number of hydrogen-bond acceptors (Lipinski definition) is 2. The number of rotatable bonds is 5. The van der Waals surface area contributed by atoms with Crippen LogP contribution in [0.3, 0.4) is 0 Å². The molecule has 0 aliphatic rings. The molecule has 0 aliphatic heterocycles. The summed E-state index contributed by atoms with van der Waals surface area (Å²) in [5.41, 5.74) is 1.57. The lowest BCUT2D eigenvalue weighted by Gasteiger charge is -2.24. The SMILES string of the molecule is C=Cc1ccccc1Oc1ccc(C(C)(O)c2ccccc2)cc1.CC. The molecule has 0 saturated carbocycles. The van der Waals surface area contributed by atoms with Crippen molar-refractivity contribution in [2.45, 2.75) is 26.4 Å². The third kappa shape index (κ3) is 4.41. The van der Waals surface area contributed by atoms with Gasteiger partial charge >= 0.3 is 0 Å². The average molecular weight is 346 g/mol. The summed E-state index contributed by atoms with van der Waals surface area (Å²) in [6, 6.07) is 24.9. The van der Waals surface area contributed by atoms with Crippen molar-refractivity contribution in [1.82, 2.24) is 0 Å². The van der Waals surface area contributed by atoms with Crippen LogP contribution in [0.15, 0.2) is 85.4 Å². The number of benzene rings is 3. The third-order valence-corrected chi connectivity index (χ3v) is 4.12. The molecule has 1 N–H and O–H groups in total.